The summed E-state index contributed by atoms with van der Waals surface area (Å²) in [5, 5.41) is 11.7. The second-order valence-corrected chi connectivity index (χ2v) is 9.57. The van der Waals surface area contributed by atoms with Crippen LogP contribution in [0.1, 0.15) is 43.7 Å². The van der Waals surface area contributed by atoms with Crippen molar-refractivity contribution >= 4 is 18.0 Å². The Labute approximate surface area is 193 Å². The lowest BCUT2D eigenvalue weighted by atomic mass is 9.91. The van der Waals surface area contributed by atoms with Gasteiger partial charge in [-0.25, -0.2) is 4.79 Å². The molecule has 0 bridgehead atoms. The molecular formula is C26H30N2O5. The van der Waals surface area contributed by atoms with Gasteiger partial charge in [0.2, 0.25) is 5.91 Å². The number of carboxylic acid groups (broad SMARTS) is 1. The van der Waals surface area contributed by atoms with Crippen LogP contribution in [0.2, 0.25) is 0 Å². The van der Waals surface area contributed by atoms with E-state index in [9.17, 15) is 14.4 Å². The van der Waals surface area contributed by atoms with Crippen molar-refractivity contribution in [2.45, 2.75) is 32.6 Å². The van der Waals surface area contributed by atoms with E-state index < -0.39 is 17.5 Å². The molecule has 174 valence electrons. The van der Waals surface area contributed by atoms with Gasteiger partial charge in [-0.05, 0) is 48.4 Å². The summed E-state index contributed by atoms with van der Waals surface area (Å²) in [7, 11) is 0. The maximum Gasteiger partial charge on any atom is 0.407 e. The first kappa shape index (κ1) is 22.8. The number of hydrogen-bond acceptors (Lipinski definition) is 4. The highest BCUT2D eigenvalue weighted by molar-refractivity contribution is 5.83. The van der Waals surface area contributed by atoms with Gasteiger partial charge < -0.3 is 20.1 Å². The number of alkyl carbamates (subject to hydrolysis) is 1. The zero-order valence-corrected chi connectivity index (χ0v) is 19.0. The van der Waals surface area contributed by atoms with Crippen molar-refractivity contribution in [1.82, 2.24) is 10.2 Å². The van der Waals surface area contributed by atoms with Gasteiger partial charge in [0.15, 0.2) is 0 Å². The third-order valence-corrected chi connectivity index (χ3v) is 6.63. The molecule has 2 amide bonds. The maximum absolute atomic E-state index is 12.9. The average molecular weight is 451 g/mol. The van der Waals surface area contributed by atoms with E-state index in [1.807, 2.05) is 24.3 Å². The molecule has 2 aromatic rings. The largest absolute Gasteiger partial charge is 0.481 e. The number of carbonyl (C=O) groups is 3. The third kappa shape index (κ3) is 4.87. The molecule has 0 spiro atoms. The SMILES string of the molecule is CC(C)(CNC(=O)OCC1c2ccccc2-c2ccccc21)C(=O)N1CCC(CC(=O)O)C1. The number of hydrogen-bond donors (Lipinski definition) is 2. The summed E-state index contributed by atoms with van der Waals surface area (Å²) in [5.41, 5.74) is 3.81. The lowest BCUT2D eigenvalue weighted by Crippen LogP contribution is -2.46. The molecule has 2 aliphatic rings. The summed E-state index contributed by atoms with van der Waals surface area (Å²) in [6.07, 6.45) is 0.207. The second kappa shape index (κ2) is 9.25. The van der Waals surface area contributed by atoms with E-state index in [4.69, 9.17) is 9.84 Å². The maximum atomic E-state index is 12.9. The molecule has 0 radical (unpaired) electrons. The number of carboxylic acids is 1. The van der Waals surface area contributed by atoms with Crippen LogP contribution in [0.25, 0.3) is 11.1 Å². The van der Waals surface area contributed by atoms with Crippen molar-refractivity contribution in [2.24, 2.45) is 11.3 Å². The van der Waals surface area contributed by atoms with Crippen molar-refractivity contribution in [2.75, 3.05) is 26.2 Å². The van der Waals surface area contributed by atoms with Crippen molar-refractivity contribution in [1.29, 1.82) is 0 Å². The number of likely N-dealkylation sites (tertiary alicyclic amines) is 1. The topological polar surface area (TPSA) is 95.9 Å². The number of rotatable bonds is 7. The first-order valence-corrected chi connectivity index (χ1v) is 11.4. The fourth-order valence-electron chi connectivity index (χ4n) is 4.88. The van der Waals surface area contributed by atoms with Crippen LogP contribution in [0.5, 0.6) is 0 Å². The molecule has 1 atom stereocenters. The van der Waals surface area contributed by atoms with Crippen molar-refractivity contribution in [3.63, 3.8) is 0 Å². The van der Waals surface area contributed by atoms with Crippen LogP contribution in [-0.2, 0) is 14.3 Å². The van der Waals surface area contributed by atoms with Gasteiger partial charge in [-0.1, -0.05) is 48.5 Å². The Hall–Kier alpha value is -3.35. The van der Waals surface area contributed by atoms with E-state index in [1.54, 1.807) is 18.7 Å². The Balaban J connectivity index is 1.31. The first-order chi connectivity index (χ1) is 15.8. The molecule has 2 N–H and O–H groups in total. The normalized spacial score (nSPS) is 17.4. The number of amides is 2. The first-order valence-electron chi connectivity index (χ1n) is 11.4. The molecule has 4 rings (SSSR count). The summed E-state index contributed by atoms with van der Waals surface area (Å²) in [6.45, 7) is 4.91. The van der Waals surface area contributed by atoms with Gasteiger partial charge in [-0.3, -0.25) is 9.59 Å². The minimum absolute atomic E-state index is 0.0164. The summed E-state index contributed by atoms with van der Waals surface area (Å²) < 4.78 is 5.56. The number of carbonyl (C=O) groups excluding carboxylic acids is 2. The fourth-order valence-corrected chi connectivity index (χ4v) is 4.88. The highest BCUT2D eigenvalue weighted by atomic mass is 16.5. The van der Waals surface area contributed by atoms with E-state index in [2.05, 4.69) is 29.6 Å². The van der Waals surface area contributed by atoms with Gasteiger partial charge in [0.25, 0.3) is 0 Å². The van der Waals surface area contributed by atoms with Gasteiger partial charge in [-0.2, -0.15) is 0 Å². The number of benzene rings is 2. The van der Waals surface area contributed by atoms with Crippen LogP contribution in [0.15, 0.2) is 48.5 Å². The number of aliphatic carboxylic acids is 1. The molecule has 1 unspecified atom stereocenters. The van der Waals surface area contributed by atoms with E-state index in [-0.39, 0.29) is 37.3 Å². The van der Waals surface area contributed by atoms with Crippen molar-refractivity contribution in [3.8, 4) is 11.1 Å². The lowest BCUT2D eigenvalue weighted by molar-refractivity contribution is -0.140. The lowest BCUT2D eigenvalue weighted by Gasteiger charge is -2.29. The van der Waals surface area contributed by atoms with Crippen LogP contribution in [0.3, 0.4) is 0 Å². The predicted molar refractivity (Wildman–Crippen MR) is 124 cm³/mol. The molecule has 7 nitrogen and oxygen atoms in total. The van der Waals surface area contributed by atoms with E-state index in [0.29, 0.717) is 19.5 Å². The fraction of sp³-hybridized carbons (Fsp3) is 0.423. The third-order valence-electron chi connectivity index (χ3n) is 6.63. The molecule has 7 heteroatoms. The zero-order valence-electron chi connectivity index (χ0n) is 19.0. The predicted octanol–water partition coefficient (Wildman–Crippen LogP) is 3.87. The van der Waals surface area contributed by atoms with E-state index >= 15 is 0 Å². The van der Waals surface area contributed by atoms with Crippen molar-refractivity contribution in [3.05, 3.63) is 59.7 Å². The molecule has 33 heavy (non-hydrogen) atoms. The van der Waals surface area contributed by atoms with E-state index in [0.717, 1.165) is 11.1 Å². The number of nitrogens with one attached hydrogen (secondary N) is 1. The molecule has 0 saturated carbocycles. The molecule has 1 heterocycles. The second-order valence-electron chi connectivity index (χ2n) is 9.57. The van der Waals surface area contributed by atoms with Gasteiger partial charge in [0.1, 0.15) is 6.61 Å². The molecular weight excluding hydrogens is 420 g/mol. The van der Waals surface area contributed by atoms with Crippen LogP contribution < -0.4 is 5.32 Å². The van der Waals surface area contributed by atoms with Gasteiger partial charge in [0.05, 0.1) is 5.41 Å². The van der Waals surface area contributed by atoms with Crippen LogP contribution in [-0.4, -0.2) is 54.2 Å². The Morgan fingerprint density at radius 3 is 2.27 bits per heavy atom. The number of ether oxygens (including phenoxy) is 1. The molecule has 1 saturated heterocycles. The summed E-state index contributed by atoms with van der Waals surface area (Å²) in [5.74, 6) is -0.967. The minimum atomic E-state index is -0.842. The molecule has 1 aliphatic heterocycles. The Bertz CT molecular complexity index is 1020. The van der Waals surface area contributed by atoms with Crippen LogP contribution in [0, 0.1) is 11.3 Å². The molecule has 0 aromatic heterocycles. The van der Waals surface area contributed by atoms with Crippen molar-refractivity contribution < 1.29 is 24.2 Å². The zero-order chi connectivity index (χ0) is 23.6. The summed E-state index contributed by atoms with van der Waals surface area (Å²) in [6, 6.07) is 16.3. The minimum Gasteiger partial charge on any atom is -0.481 e. The standard InChI is InChI=1S/C26H30N2O5/c1-26(2,24(31)28-12-11-17(14-28)13-23(29)30)16-27-25(32)33-15-22-20-9-5-3-7-18(20)19-8-4-6-10-21(19)22/h3-10,17,22H,11-16H2,1-2H3,(H,27,32)(H,29,30). The van der Waals surface area contributed by atoms with Gasteiger partial charge in [-0.15, -0.1) is 0 Å². The summed E-state index contributed by atoms with van der Waals surface area (Å²) in [4.78, 5) is 38.0. The van der Waals surface area contributed by atoms with E-state index in [1.165, 1.54) is 11.1 Å². The molecule has 1 aliphatic carbocycles. The van der Waals surface area contributed by atoms with Gasteiger partial charge >= 0.3 is 12.1 Å². The Morgan fingerprint density at radius 1 is 1.06 bits per heavy atom. The smallest absolute Gasteiger partial charge is 0.407 e. The van der Waals surface area contributed by atoms with Gasteiger partial charge in [0, 0.05) is 32.0 Å². The quantitative estimate of drug-likeness (QED) is 0.668. The number of fused-ring (bicyclic) bond motifs is 3. The Morgan fingerprint density at radius 2 is 1.67 bits per heavy atom. The summed E-state index contributed by atoms with van der Waals surface area (Å²) >= 11 is 0. The highest BCUT2D eigenvalue weighted by Gasteiger charge is 2.37. The highest BCUT2D eigenvalue weighted by Crippen LogP contribution is 2.44. The Kier molecular flexibility index (Phi) is 6.40. The van der Waals surface area contributed by atoms with Crippen LogP contribution >= 0.6 is 0 Å². The molecule has 2 aromatic carbocycles. The monoisotopic (exact) mass is 450 g/mol. The molecule has 1 fully saturated rings. The number of nitrogens with zero attached hydrogens (tertiary/aromatic N) is 1. The average Bonchev–Trinajstić information content (AvgIpc) is 3.38. The van der Waals surface area contributed by atoms with Crippen LogP contribution in [0.4, 0.5) is 4.79 Å².